The summed E-state index contributed by atoms with van der Waals surface area (Å²) < 4.78 is 108. The number of hydrogen-bond donors (Lipinski definition) is 6. The van der Waals surface area contributed by atoms with Crippen molar-refractivity contribution in [3.05, 3.63) is 258 Å². The summed E-state index contributed by atoms with van der Waals surface area (Å²) >= 11 is 0. The third-order valence-electron chi connectivity index (χ3n) is 16.7. The fourth-order valence-corrected chi connectivity index (χ4v) is 12.6. The van der Waals surface area contributed by atoms with Gasteiger partial charge in [0.2, 0.25) is 0 Å². The minimum Gasteiger partial charge on any atom is -0.744 e. The van der Waals surface area contributed by atoms with Gasteiger partial charge in [-0.05, 0) is 175 Å². The molecule has 0 atom stereocenters. The van der Waals surface area contributed by atoms with Crippen LogP contribution >= 0.6 is 0 Å². The Morgan fingerprint density at radius 2 is 0.598 bits per heavy atom. The molecular formula is C77H67CuN17O9S3. The van der Waals surface area contributed by atoms with Crippen LogP contribution in [-0.2, 0) is 47.4 Å². The Labute approximate surface area is 630 Å². The second-order valence-electron chi connectivity index (χ2n) is 24.2. The van der Waals surface area contributed by atoms with Crippen LogP contribution in [0.25, 0.3) is 89.7 Å². The van der Waals surface area contributed by atoms with Gasteiger partial charge in [0.05, 0.1) is 43.4 Å². The first-order valence-corrected chi connectivity index (χ1v) is 36.6. The number of fused-ring (bicyclic) bond motifs is 20. The molecule has 5 heterocycles. The fourth-order valence-electron chi connectivity index (χ4n) is 11.1. The number of aromatic nitrogens is 8. The number of para-hydroxylation sites is 6. The molecule has 9 N–H and O–H groups in total. The van der Waals surface area contributed by atoms with E-state index in [-0.39, 0.29) is 94.3 Å². The van der Waals surface area contributed by atoms with Gasteiger partial charge in [0, 0.05) is 61.9 Å². The Kier molecular flexibility index (Phi) is 22.6. The Morgan fingerprint density at radius 3 is 0.935 bits per heavy atom. The van der Waals surface area contributed by atoms with E-state index in [1.54, 1.807) is 24.3 Å². The number of guanidine groups is 3. The van der Waals surface area contributed by atoms with Crippen molar-refractivity contribution in [1.29, 1.82) is 0 Å². The molecule has 15 rings (SSSR count). The van der Waals surface area contributed by atoms with Crippen molar-refractivity contribution in [3.63, 3.8) is 0 Å². The largest absolute Gasteiger partial charge is 2.00 e. The number of aliphatic imine (C=N–C) groups is 3. The van der Waals surface area contributed by atoms with E-state index in [1.165, 1.54) is 18.2 Å². The van der Waals surface area contributed by atoms with Crippen molar-refractivity contribution < 1.29 is 60.3 Å². The van der Waals surface area contributed by atoms with Gasteiger partial charge in [-0.25, -0.2) is 55.2 Å². The molecule has 8 bridgehead atoms. The SMILES string of the molecule is Cc1ccccc1N=C(N)Nc1ccccc1C.Cc1ccccc1N=C(N)Nc1ccccc1C.Cc1ccccc1N=C(N)Nc1ccccc1C.O=S(=O)([O-])c1ccc2c(c1)-c1nc-2nc2nc(nc3[n-]c(nc4[n-]c(n1)c1ccc(S(=O)(=O)[O-])cc41)c1cc(S(=O)(=O)[O-])ccc31)-c1ccccc1-2.[Cu+2].[H+].[H+].[H+]. The Balaban J connectivity index is 0.000000215. The number of aryl methyl sites for hydroxylation is 6. The van der Waals surface area contributed by atoms with Crippen molar-refractivity contribution in [2.45, 2.75) is 56.2 Å². The molecule has 13 aromatic rings. The molecule has 0 unspecified atom stereocenters. The number of nitrogens with one attached hydrogen (secondary N) is 3. The summed E-state index contributed by atoms with van der Waals surface area (Å²) in [7, 11) is -14.8. The first kappa shape index (κ1) is 75.8. The summed E-state index contributed by atoms with van der Waals surface area (Å²) in [6, 6.07) is 65.0. The van der Waals surface area contributed by atoms with Crippen LogP contribution in [0.1, 0.15) is 37.7 Å². The molecule has 0 amide bonds. The number of nitrogens with zero attached hydrogens (tertiary/aromatic N) is 11. The van der Waals surface area contributed by atoms with Gasteiger partial charge in [0.15, 0.2) is 29.5 Å². The van der Waals surface area contributed by atoms with Crippen molar-refractivity contribution in [2.24, 2.45) is 32.2 Å². The third-order valence-corrected chi connectivity index (χ3v) is 19.2. The summed E-state index contributed by atoms with van der Waals surface area (Å²) in [6.07, 6.45) is 0. The molecule has 0 aliphatic carbocycles. The van der Waals surface area contributed by atoms with Crippen molar-refractivity contribution in [3.8, 4) is 45.6 Å². The molecule has 30 heteroatoms. The Morgan fingerprint density at radius 1 is 0.327 bits per heavy atom. The normalized spacial score (nSPS) is 12.0. The molecule has 0 saturated carbocycles. The van der Waals surface area contributed by atoms with Gasteiger partial charge in [-0.2, -0.15) is 0 Å². The van der Waals surface area contributed by atoms with Crippen LogP contribution in [0.5, 0.6) is 0 Å². The van der Waals surface area contributed by atoms with Gasteiger partial charge in [-0.1, -0.05) is 146 Å². The van der Waals surface area contributed by atoms with Crippen molar-refractivity contribution in [2.75, 3.05) is 16.0 Å². The van der Waals surface area contributed by atoms with E-state index < -0.39 is 45.0 Å². The van der Waals surface area contributed by atoms with Crippen LogP contribution in [0.2, 0.25) is 0 Å². The van der Waals surface area contributed by atoms with Crippen molar-refractivity contribution >= 4 is 126 Å². The first-order chi connectivity index (χ1) is 50.6. The molecule has 107 heavy (non-hydrogen) atoms. The summed E-state index contributed by atoms with van der Waals surface area (Å²) in [4.78, 5) is 48.0. The van der Waals surface area contributed by atoms with E-state index in [4.69, 9.17) is 17.2 Å². The van der Waals surface area contributed by atoms with Crippen LogP contribution in [0.3, 0.4) is 0 Å². The topological polar surface area (TPSA) is 428 Å². The minimum absolute atomic E-state index is 0. The van der Waals surface area contributed by atoms with E-state index >= 15 is 0 Å². The number of rotatable bonds is 9. The average Bonchev–Trinajstić information content (AvgIpc) is 1.60. The molecular weight excluding hydrogens is 1470 g/mol. The third kappa shape index (κ3) is 17.9. The molecule has 3 aromatic heterocycles. The second kappa shape index (κ2) is 31.9. The molecule has 0 fully saturated rings. The van der Waals surface area contributed by atoms with E-state index in [0.29, 0.717) is 34.6 Å². The van der Waals surface area contributed by atoms with Crippen LogP contribution in [0.4, 0.5) is 34.1 Å². The van der Waals surface area contributed by atoms with E-state index in [1.807, 2.05) is 187 Å². The van der Waals surface area contributed by atoms with Crippen LogP contribution in [0.15, 0.2) is 254 Å². The molecule has 10 aromatic carbocycles. The van der Waals surface area contributed by atoms with Gasteiger partial charge >= 0.3 is 21.3 Å². The van der Waals surface area contributed by atoms with Crippen molar-refractivity contribution in [1.82, 2.24) is 39.9 Å². The summed E-state index contributed by atoms with van der Waals surface area (Å²) in [5.41, 5.74) is 31.1. The zero-order valence-electron chi connectivity index (χ0n) is 60.7. The molecule has 1 radical (unpaired) electrons. The van der Waals surface area contributed by atoms with Gasteiger partial charge in [-0.3, -0.25) is 0 Å². The van der Waals surface area contributed by atoms with Gasteiger partial charge in [0.1, 0.15) is 30.4 Å². The predicted molar refractivity (Wildman–Crippen MR) is 413 cm³/mol. The van der Waals surface area contributed by atoms with E-state index in [2.05, 4.69) is 70.8 Å². The molecule has 0 spiro atoms. The number of hydrogen-bond acceptors (Lipinski definition) is 18. The molecule has 543 valence electrons. The van der Waals surface area contributed by atoms with Gasteiger partial charge in [0.25, 0.3) is 0 Å². The zero-order valence-corrected chi connectivity index (χ0v) is 61.1. The smallest absolute Gasteiger partial charge is 0.744 e. The van der Waals surface area contributed by atoms with Gasteiger partial charge < -0.3 is 71.7 Å². The average molecular weight is 1530 g/mol. The molecule has 0 saturated heterocycles. The maximum absolute atomic E-state index is 12.0. The quantitative estimate of drug-likeness (QED) is 0.0338. The number of benzene rings is 10. The van der Waals surface area contributed by atoms with Gasteiger partial charge in [-0.15, -0.1) is 0 Å². The van der Waals surface area contributed by atoms with Crippen LogP contribution < -0.4 is 43.1 Å². The zero-order chi connectivity index (χ0) is 75.2. The van der Waals surface area contributed by atoms with Crippen LogP contribution in [-0.4, -0.2) is 86.7 Å². The monoisotopic (exact) mass is 1530 g/mol. The number of nitrogens with two attached hydrogens (primary N) is 3. The fraction of sp³-hybridized carbons (Fsp3) is 0.0779. The predicted octanol–water partition coefficient (Wildman–Crippen LogP) is 13.3. The second-order valence-corrected chi connectivity index (χ2v) is 28.3. The standard InChI is InChI=1S/C32H16N8O9S3.3C15H17N3.Cu/c41-50(42,43)14-5-8-19-22(11-14)30-36-27(19)34-25-17-3-1-2-4-18(17)26(33-25)35-28-20-9-6-15(51(44,45)46)12-23(20)31(37-28)40-32-24-13-16(52(47,48)49)7-10-21(24)29(38-30)39-32;3*1-11-7-3-5-9-13(11)17-15(16)18-14-10-6-4-8-12(14)2;/h1-13H,(H3-2,33,34,35,36,37,38,39,40,41,42,43,44,45,46,47,48,49);3*3-10H,1-2H3,(H3,16,17,18);/q-2;;;;+2. The number of anilines is 3. The summed E-state index contributed by atoms with van der Waals surface area (Å²) in [6.45, 7) is 12.1. The summed E-state index contributed by atoms with van der Waals surface area (Å²) in [5, 5.41) is 9.88. The van der Waals surface area contributed by atoms with E-state index in [9.17, 15) is 38.9 Å². The Bertz CT molecular complexity index is 6040. The molecule has 2 aliphatic rings. The minimum atomic E-state index is -4.97. The first-order valence-electron chi connectivity index (χ1n) is 32.4. The van der Waals surface area contributed by atoms with Crippen LogP contribution in [0, 0.1) is 41.5 Å². The maximum Gasteiger partial charge on any atom is 2.00 e. The Hall–Kier alpha value is -12.4. The van der Waals surface area contributed by atoms with E-state index in [0.717, 1.165) is 104 Å². The maximum atomic E-state index is 12.0. The summed E-state index contributed by atoms with van der Waals surface area (Å²) in [5.74, 6) is 1.45. The molecule has 26 nitrogen and oxygen atoms in total. The molecule has 2 aliphatic heterocycles.